The number of rotatable bonds is 5. The summed E-state index contributed by atoms with van der Waals surface area (Å²) in [5.41, 5.74) is -0.456. The van der Waals surface area contributed by atoms with Gasteiger partial charge in [-0.2, -0.15) is 4.98 Å². The summed E-state index contributed by atoms with van der Waals surface area (Å²) in [4.78, 5) is 28.3. The molecular weight excluding hydrogens is 266 g/mol. The number of hydrogen-bond donors (Lipinski definition) is 3. The highest BCUT2D eigenvalue weighted by atomic mass is 16.3. The highest BCUT2D eigenvalue weighted by Gasteiger charge is 2.18. The second-order valence-electron chi connectivity index (χ2n) is 4.34. The molecule has 0 amide bonds. The van der Waals surface area contributed by atoms with E-state index < -0.39 is 11.2 Å². The number of hydrogen-bond acceptors (Lipinski definition) is 6. The normalized spacial score (nSPS) is 11.2. The molecule has 0 radical (unpaired) electrons. The molecule has 0 aliphatic carbocycles. The van der Waals surface area contributed by atoms with Crippen molar-refractivity contribution in [1.82, 2.24) is 18.7 Å². The predicted octanol–water partition coefficient (Wildman–Crippen LogP) is -2.17. The van der Waals surface area contributed by atoms with Crippen molar-refractivity contribution in [2.45, 2.75) is 6.54 Å². The first-order chi connectivity index (χ1) is 9.52. The van der Waals surface area contributed by atoms with Crippen molar-refractivity contribution in [3.05, 3.63) is 20.8 Å². The van der Waals surface area contributed by atoms with Gasteiger partial charge < -0.3 is 20.1 Å². The maximum absolute atomic E-state index is 12.2. The van der Waals surface area contributed by atoms with Gasteiger partial charge in [-0.1, -0.05) is 0 Å². The summed E-state index contributed by atoms with van der Waals surface area (Å²) in [7, 11) is 2.91. The Bertz CT molecular complexity index is 742. The molecule has 0 bridgehead atoms. The number of aliphatic hydroxyl groups is 2. The van der Waals surface area contributed by atoms with Gasteiger partial charge in [0.25, 0.3) is 5.56 Å². The molecule has 0 atom stereocenters. The molecule has 110 valence electrons. The molecule has 0 aliphatic heterocycles. The lowest BCUT2D eigenvalue weighted by atomic mass is 10.5. The zero-order chi connectivity index (χ0) is 14.9. The summed E-state index contributed by atoms with van der Waals surface area (Å²) < 4.78 is 3.77. The molecule has 0 spiro atoms. The van der Waals surface area contributed by atoms with Gasteiger partial charge in [0.15, 0.2) is 11.2 Å². The van der Waals surface area contributed by atoms with E-state index in [0.29, 0.717) is 5.95 Å². The van der Waals surface area contributed by atoms with Crippen LogP contribution in [0.4, 0.5) is 5.95 Å². The minimum Gasteiger partial charge on any atom is -0.395 e. The van der Waals surface area contributed by atoms with Gasteiger partial charge in [0.05, 0.1) is 13.2 Å². The summed E-state index contributed by atoms with van der Waals surface area (Å²) in [5.74, 6) is 0.335. The van der Waals surface area contributed by atoms with Crippen LogP contribution >= 0.6 is 0 Å². The number of aromatic nitrogens is 4. The third-order valence-corrected chi connectivity index (χ3v) is 3.07. The van der Waals surface area contributed by atoms with E-state index in [-0.39, 0.29) is 37.5 Å². The van der Waals surface area contributed by atoms with E-state index >= 15 is 0 Å². The first kappa shape index (κ1) is 14.3. The molecule has 2 aromatic heterocycles. The lowest BCUT2D eigenvalue weighted by Crippen LogP contribution is -2.37. The molecule has 0 aliphatic rings. The van der Waals surface area contributed by atoms with Gasteiger partial charge in [0, 0.05) is 27.2 Å². The SMILES string of the molecule is Cn1c(=O)c2c(nc(NCCO)n2CCO)n(C)c1=O. The third kappa shape index (κ3) is 2.10. The van der Waals surface area contributed by atoms with E-state index in [4.69, 9.17) is 10.2 Å². The maximum Gasteiger partial charge on any atom is 0.332 e. The van der Waals surface area contributed by atoms with Crippen molar-refractivity contribution >= 4 is 17.1 Å². The largest absolute Gasteiger partial charge is 0.395 e. The van der Waals surface area contributed by atoms with Gasteiger partial charge >= 0.3 is 5.69 Å². The molecule has 2 rings (SSSR count). The standard InChI is InChI=1S/C11H17N5O4/c1-14-8-7(9(19)15(2)11(14)20)16(4-6-18)10(13-8)12-3-5-17/h17-18H,3-6H2,1-2H3,(H,12,13). The number of anilines is 1. The molecular formula is C11H17N5O4. The van der Waals surface area contributed by atoms with Crippen molar-refractivity contribution in [2.75, 3.05) is 25.1 Å². The summed E-state index contributed by atoms with van der Waals surface area (Å²) in [6.07, 6.45) is 0. The molecule has 0 fully saturated rings. The molecule has 9 heteroatoms. The fraction of sp³-hybridized carbons (Fsp3) is 0.545. The van der Waals surface area contributed by atoms with Crippen LogP contribution in [0.15, 0.2) is 9.59 Å². The van der Waals surface area contributed by atoms with Crippen LogP contribution in [0.3, 0.4) is 0 Å². The first-order valence-electron chi connectivity index (χ1n) is 6.14. The van der Waals surface area contributed by atoms with Crippen molar-refractivity contribution in [3.8, 4) is 0 Å². The van der Waals surface area contributed by atoms with Crippen molar-refractivity contribution in [3.63, 3.8) is 0 Å². The lowest BCUT2D eigenvalue weighted by molar-refractivity contribution is 0.278. The van der Waals surface area contributed by atoms with Crippen LogP contribution in [0, 0.1) is 0 Å². The summed E-state index contributed by atoms with van der Waals surface area (Å²) >= 11 is 0. The molecule has 20 heavy (non-hydrogen) atoms. The van der Waals surface area contributed by atoms with Crippen molar-refractivity contribution < 1.29 is 10.2 Å². The van der Waals surface area contributed by atoms with Crippen LogP contribution in [0.5, 0.6) is 0 Å². The Morgan fingerprint density at radius 3 is 2.45 bits per heavy atom. The zero-order valence-electron chi connectivity index (χ0n) is 11.3. The molecule has 2 aromatic rings. The average Bonchev–Trinajstić information content (AvgIpc) is 2.80. The Kier molecular flexibility index (Phi) is 3.91. The molecule has 0 unspecified atom stereocenters. The number of nitrogens with one attached hydrogen (secondary N) is 1. The topological polar surface area (TPSA) is 114 Å². The van der Waals surface area contributed by atoms with E-state index in [1.807, 2.05) is 0 Å². The molecule has 3 N–H and O–H groups in total. The fourth-order valence-electron chi connectivity index (χ4n) is 2.07. The third-order valence-electron chi connectivity index (χ3n) is 3.07. The first-order valence-corrected chi connectivity index (χ1v) is 6.14. The van der Waals surface area contributed by atoms with E-state index in [9.17, 15) is 9.59 Å². The Labute approximate surface area is 113 Å². The monoisotopic (exact) mass is 283 g/mol. The highest BCUT2D eigenvalue weighted by Crippen LogP contribution is 2.14. The Morgan fingerprint density at radius 1 is 1.15 bits per heavy atom. The number of fused-ring (bicyclic) bond motifs is 1. The summed E-state index contributed by atoms with van der Waals surface area (Å²) in [6.45, 7) is 0.144. The number of aliphatic hydroxyl groups excluding tert-OH is 2. The maximum atomic E-state index is 12.2. The van der Waals surface area contributed by atoms with Crippen LogP contribution in [-0.2, 0) is 20.6 Å². The summed E-state index contributed by atoms with van der Waals surface area (Å²) in [6, 6.07) is 0. The molecule has 9 nitrogen and oxygen atoms in total. The van der Waals surface area contributed by atoms with E-state index in [1.54, 1.807) is 0 Å². The van der Waals surface area contributed by atoms with Crippen LogP contribution < -0.4 is 16.6 Å². The van der Waals surface area contributed by atoms with E-state index in [2.05, 4.69) is 10.3 Å². The van der Waals surface area contributed by atoms with Crippen LogP contribution in [0.1, 0.15) is 0 Å². The number of nitrogens with zero attached hydrogens (tertiary/aromatic N) is 4. The Hall–Kier alpha value is -2.13. The Morgan fingerprint density at radius 2 is 1.85 bits per heavy atom. The predicted molar refractivity (Wildman–Crippen MR) is 72.9 cm³/mol. The molecule has 0 saturated carbocycles. The molecule has 0 saturated heterocycles. The second-order valence-corrected chi connectivity index (χ2v) is 4.34. The Balaban J connectivity index is 2.80. The zero-order valence-corrected chi connectivity index (χ0v) is 11.3. The van der Waals surface area contributed by atoms with Crippen molar-refractivity contribution in [2.24, 2.45) is 14.1 Å². The minimum atomic E-state index is -0.471. The van der Waals surface area contributed by atoms with Gasteiger partial charge in [-0.05, 0) is 0 Å². The highest BCUT2D eigenvalue weighted by molar-refractivity contribution is 5.74. The van der Waals surface area contributed by atoms with Crippen LogP contribution in [-0.4, -0.2) is 48.7 Å². The fourth-order valence-corrected chi connectivity index (χ4v) is 2.07. The van der Waals surface area contributed by atoms with Gasteiger partial charge in [0.2, 0.25) is 5.95 Å². The van der Waals surface area contributed by atoms with Gasteiger partial charge in [-0.25, -0.2) is 4.79 Å². The lowest BCUT2D eigenvalue weighted by Gasteiger charge is -2.08. The average molecular weight is 283 g/mol. The van der Waals surface area contributed by atoms with Gasteiger partial charge in [-0.15, -0.1) is 0 Å². The number of aryl methyl sites for hydroxylation is 1. The smallest absolute Gasteiger partial charge is 0.332 e. The number of imidazole rings is 1. The van der Waals surface area contributed by atoms with Crippen LogP contribution in [0.25, 0.3) is 11.2 Å². The second kappa shape index (κ2) is 5.47. The van der Waals surface area contributed by atoms with E-state index in [0.717, 1.165) is 4.57 Å². The molecule has 2 heterocycles. The van der Waals surface area contributed by atoms with Gasteiger partial charge in [0.1, 0.15) is 0 Å². The summed E-state index contributed by atoms with van der Waals surface area (Å²) in [5, 5.41) is 20.8. The van der Waals surface area contributed by atoms with Crippen LogP contribution in [0.2, 0.25) is 0 Å². The quantitative estimate of drug-likeness (QED) is 0.575. The minimum absolute atomic E-state index is 0.0979. The van der Waals surface area contributed by atoms with E-state index in [1.165, 1.54) is 23.2 Å². The molecule has 0 aromatic carbocycles. The van der Waals surface area contributed by atoms with Gasteiger partial charge in [-0.3, -0.25) is 13.9 Å². The van der Waals surface area contributed by atoms with Crippen molar-refractivity contribution in [1.29, 1.82) is 0 Å².